The van der Waals surface area contributed by atoms with Crippen molar-refractivity contribution in [3.05, 3.63) is 83.8 Å². The number of halogens is 1. The number of ether oxygens (including phenoxy) is 1. The van der Waals surface area contributed by atoms with Crippen molar-refractivity contribution in [1.82, 2.24) is 15.0 Å². The highest BCUT2D eigenvalue weighted by Gasteiger charge is 2.28. The van der Waals surface area contributed by atoms with E-state index in [4.69, 9.17) is 4.74 Å². The van der Waals surface area contributed by atoms with Crippen molar-refractivity contribution in [2.75, 3.05) is 23.3 Å². The Morgan fingerprint density at radius 1 is 1.22 bits per heavy atom. The first-order valence-corrected chi connectivity index (χ1v) is 13.8. The number of carboxylic acid groups (broad SMARTS) is 1. The smallest absolute Gasteiger partial charge is 0.309 e. The van der Waals surface area contributed by atoms with Gasteiger partial charge in [0.05, 0.1) is 30.0 Å². The zero-order valence-corrected chi connectivity index (χ0v) is 23.2. The Morgan fingerprint density at radius 3 is 2.88 bits per heavy atom. The number of aliphatic hydroxyl groups is 1. The third-order valence-electron chi connectivity index (χ3n) is 7.26. The molecule has 0 radical (unpaired) electrons. The molecule has 41 heavy (non-hydrogen) atoms. The Balaban J connectivity index is 1.31. The summed E-state index contributed by atoms with van der Waals surface area (Å²) in [6.45, 7) is 4.72. The number of rotatable bonds is 9. The van der Waals surface area contributed by atoms with Crippen LogP contribution in [0.5, 0.6) is 0 Å². The number of aromatic nitrogens is 3. The number of aliphatic carboxylic acids is 1. The van der Waals surface area contributed by atoms with Crippen molar-refractivity contribution in [3.8, 4) is 11.3 Å². The zero-order chi connectivity index (χ0) is 29.0. The molecule has 1 saturated heterocycles. The quantitative estimate of drug-likeness (QED) is 0.282. The van der Waals surface area contributed by atoms with Crippen LogP contribution in [-0.4, -0.2) is 50.3 Å². The molecule has 1 aromatic carbocycles. The van der Waals surface area contributed by atoms with Gasteiger partial charge < -0.3 is 25.2 Å². The summed E-state index contributed by atoms with van der Waals surface area (Å²) in [5, 5.41) is 22.6. The Bertz CT molecular complexity index is 1490. The van der Waals surface area contributed by atoms with E-state index in [2.05, 4.69) is 25.2 Å². The molecule has 2 aliphatic rings. The highest BCUT2D eigenvalue weighted by Crippen LogP contribution is 2.29. The lowest BCUT2D eigenvalue weighted by Crippen LogP contribution is -2.40. The summed E-state index contributed by atoms with van der Waals surface area (Å²) in [7, 11) is 0. The first kappa shape index (κ1) is 28.1. The highest BCUT2D eigenvalue weighted by molar-refractivity contribution is 5.74. The number of benzene rings is 1. The molecule has 1 atom stereocenters. The number of nitrogens with zero attached hydrogens (tertiary/aromatic N) is 4. The van der Waals surface area contributed by atoms with E-state index in [0.29, 0.717) is 42.5 Å². The molecule has 3 heterocycles. The number of hydrogen-bond donors (Lipinski definition) is 3. The summed E-state index contributed by atoms with van der Waals surface area (Å²) in [6, 6.07) is 10.4. The van der Waals surface area contributed by atoms with Crippen LogP contribution in [0.2, 0.25) is 0 Å². The van der Waals surface area contributed by atoms with Gasteiger partial charge in [-0.2, -0.15) is 0 Å². The minimum absolute atomic E-state index is 0.0107. The molecule has 0 spiro atoms. The second-order valence-corrected chi connectivity index (χ2v) is 11.1. The second-order valence-electron chi connectivity index (χ2n) is 11.1. The number of aliphatic hydroxyl groups excluding tert-OH is 1. The van der Waals surface area contributed by atoms with E-state index >= 15 is 0 Å². The van der Waals surface area contributed by atoms with E-state index in [9.17, 15) is 19.4 Å². The molecule has 5 rings (SSSR count). The van der Waals surface area contributed by atoms with E-state index in [1.54, 1.807) is 26.1 Å². The largest absolute Gasteiger partial charge is 0.508 e. The number of pyridine rings is 1. The lowest BCUT2D eigenvalue weighted by Gasteiger charge is -2.34. The highest BCUT2D eigenvalue weighted by atomic mass is 19.1. The number of allylic oxidation sites excluding steroid dienone is 3. The van der Waals surface area contributed by atoms with Gasteiger partial charge in [-0.15, -0.1) is 0 Å². The lowest BCUT2D eigenvalue weighted by molar-refractivity contribution is -0.146. The van der Waals surface area contributed by atoms with Crippen LogP contribution in [0.25, 0.3) is 11.3 Å². The first-order valence-electron chi connectivity index (χ1n) is 13.8. The van der Waals surface area contributed by atoms with Gasteiger partial charge in [0.15, 0.2) is 23.2 Å². The van der Waals surface area contributed by atoms with Crippen molar-refractivity contribution in [1.29, 1.82) is 0 Å². The van der Waals surface area contributed by atoms with Crippen molar-refractivity contribution in [2.24, 2.45) is 5.41 Å². The molecule has 1 aliphatic carbocycles. The Kier molecular flexibility index (Phi) is 8.19. The summed E-state index contributed by atoms with van der Waals surface area (Å²) in [5.41, 5.74) is 1.22. The van der Waals surface area contributed by atoms with Gasteiger partial charge in [-0.25, -0.2) is 14.4 Å². The van der Waals surface area contributed by atoms with Crippen molar-refractivity contribution in [3.63, 3.8) is 0 Å². The van der Waals surface area contributed by atoms with Crippen LogP contribution in [0.1, 0.15) is 45.1 Å². The third-order valence-corrected chi connectivity index (χ3v) is 7.26. The summed E-state index contributed by atoms with van der Waals surface area (Å²) in [4.78, 5) is 27.1. The Hall–Kier alpha value is -4.47. The summed E-state index contributed by atoms with van der Waals surface area (Å²) >= 11 is 0. The van der Waals surface area contributed by atoms with E-state index in [1.165, 1.54) is 12.3 Å². The number of nitrogens with one attached hydrogen (secondary N) is 1. The van der Waals surface area contributed by atoms with E-state index in [-0.39, 0.29) is 17.7 Å². The summed E-state index contributed by atoms with van der Waals surface area (Å²) in [6.07, 6.45) is 10.4. The number of piperidine rings is 1. The summed E-state index contributed by atoms with van der Waals surface area (Å²) < 4.78 is 20.9. The standard InChI is InChI=1S/C31H34FN5O4/c1-31(2,30(39)40)16-20-7-5-8-21(15-20)24-13-12-23(32)29(34-24)36-27-17-33-18-28(35-27)37-14-6-9-22(19-37)41-26-11-4-3-10-25(26)38/h4-5,7-8,11-13,15,17-18,22,38H,3,6,9-10,14,16,19H2,1-2H3,(H,39,40)(H,34,35,36). The molecule has 3 aromatic rings. The SMILES string of the molecule is CC(C)(Cc1cccc(-c2ccc(F)c(Nc3cncc(N4CCCC(OC5=C(O)CCC=C5)C4)n3)n2)c1)C(=O)O. The van der Waals surface area contributed by atoms with Gasteiger partial charge >= 0.3 is 5.97 Å². The number of carbonyl (C=O) groups is 1. The molecule has 0 bridgehead atoms. The van der Waals surface area contributed by atoms with E-state index in [1.807, 2.05) is 36.4 Å². The van der Waals surface area contributed by atoms with Gasteiger partial charge in [0, 0.05) is 18.5 Å². The van der Waals surface area contributed by atoms with E-state index in [0.717, 1.165) is 36.9 Å². The third kappa shape index (κ3) is 6.82. The normalized spacial score (nSPS) is 17.4. The van der Waals surface area contributed by atoms with Gasteiger partial charge in [0.25, 0.3) is 0 Å². The van der Waals surface area contributed by atoms with Crippen LogP contribution in [0.3, 0.4) is 0 Å². The van der Waals surface area contributed by atoms with Crippen LogP contribution in [-0.2, 0) is 16.0 Å². The molecule has 1 aliphatic heterocycles. The maximum atomic E-state index is 14.8. The van der Waals surface area contributed by atoms with Gasteiger partial charge in [-0.05, 0) is 69.4 Å². The van der Waals surface area contributed by atoms with Crippen LogP contribution in [0, 0.1) is 11.2 Å². The predicted molar refractivity (Wildman–Crippen MR) is 154 cm³/mol. The Morgan fingerprint density at radius 2 is 2.07 bits per heavy atom. The first-order chi connectivity index (χ1) is 19.7. The van der Waals surface area contributed by atoms with Crippen molar-refractivity contribution < 1.29 is 24.1 Å². The zero-order valence-electron chi connectivity index (χ0n) is 23.2. The maximum Gasteiger partial charge on any atom is 0.309 e. The maximum absolute atomic E-state index is 14.8. The molecule has 10 heteroatoms. The minimum atomic E-state index is -0.919. The fourth-order valence-electron chi connectivity index (χ4n) is 4.97. The monoisotopic (exact) mass is 559 g/mol. The second kappa shape index (κ2) is 12.0. The molecule has 1 unspecified atom stereocenters. The van der Waals surface area contributed by atoms with Crippen molar-refractivity contribution in [2.45, 2.75) is 52.1 Å². The Labute approximate surface area is 238 Å². The molecule has 0 saturated carbocycles. The molecule has 214 valence electrons. The topological polar surface area (TPSA) is 121 Å². The number of hydrogen-bond acceptors (Lipinski definition) is 8. The van der Waals surface area contributed by atoms with Gasteiger partial charge in [-0.3, -0.25) is 9.78 Å². The van der Waals surface area contributed by atoms with Gasteiger partial charge in [-0.1, -0.05) is 24.3 Å². The van der Waals surface area contributed by atoms with Crippen LogP contribution in [0.15, 0.2) is 72.5 Å². The molecule has 3 N–H and O–H groups in total. The molecule has 1 fully saturated rings. The fourth-order valence-corrected chi connectivity index (χ4v) is 4.97. The van der Waals surface area contributed by atoms with Crippen LogP contribution >= 0.6 is 0 Å². The average Bonchev–Trinajstić information content (AvgIpc) is 2.96. The fraction of sp³-hybridized carbons (Fsp3) is 0.355. The van der Waals surface area contributed by atoms with Gasteiger partial charge in [0.2, 0.25) is 0 Å². The van der Waals surface area contributed by atoms with Crippen LogP contribution < -0.4 is 10.2 Å². The predicted octanol–water partition coefficient (Wildman–Crippen LogP) is 6.18. The van der Waals surface area contributed by atoms with Crippen LogP contribution in [0.4, 0.5) is 21.8 Å². The molecular formula is C31H34FN5O4. The summed E-state index contributed by atoms with van der Waals surface area (Å²) in [5.74, 6) is 0.391. The number of anilines is 3. The lowest BCUT2D eigenvalue weighted by atomic mass is 9.85. The van der Waals surface area contributed by atoms with Crippen molar-refractivity contribution >= 4 is 23.4 Å². The molecule has 2 aromatic heterocycles. The molecule has 9 nitrogen and oxygen atoms in total. The minimum Gasteiger partial charge on any atom is -0.508 e. The van der Waals surface area contributed by atoms with Gasteiger partial charge in [0.1, 0.15) is 17.7 Å². The molecule has 0 amide bonds. The average molecular weight is 560 g/mol. The molecular weight excluding hydrogens is 525 g/mol. The number of carboxylic acids is 1. The van der Waals surface area contributed by atoms with E-state index < -0.39 is 17.2 Å².